The number of hydrogen-bond donors (Lipinski definition) is 0. The van der Waals surface area contributed by atoms with Crippen molar-refractivity contribution in [1.82, 2.24) is 19.1 Å². The van der Waals surface area contributed by atoms with Crippen molar-refractivity contribution in [3.63, 3.8) is 0 Å². The maximum Gasteiger partial charge on any atom is 0.120 e. The van der Waals surface area contributed by atoms with Crippen LogP contribution in [0, 0.1) is 0 Å². The van der Waals surface area contributed by atoms with Gasteiger partial charge in [-0.25, -0.2) is 9.97 Å². The van der Waals surface area contributed by atoms with Crippen molar-refractivity contribution in [1.29, 1.82) is 0 Å². The maximum atomic E-state index is 10.8. The van der Waals surface area contributed by atoms with Crippen molar-refractivity contribution in [2.45, 2.75) is 37.8 Å². The SMILES string of the molecule is C=CCC(Cn1ccnc1)c1ccc(Cl)c(Cl)c1.O=CCC(Cn1ccnc1)c1ccc(Cl)c(Cl)c1. The Hall–Kier alpha value is -2.57. The summed E-state index contributed by atoms with van der Waals surface area (Å²) in [7, 11) is 0. The highest BCUT2D eigenvalue weighted by Crippen LogP contribution is 2.30. The molecule has 0 amide bonds. The molecule has 0 saturated carbocycles. The number of aldehydes is 1. The number of halogens is 4. The average molecular weight is 564 g/mol. The van der Waals surface area contributed by atoms with Crippen LogP contribution in [0.15, 0.2) is 86.5 Å². The third-order valence-electron chi connectivity index (χ3n) is 5.64. The Bertz CT molecular complexity index is 1150. The molecule has 36 heavy (non-hydrogen) atoms. The minimum Gasteiger partial charge on any atom is -0.337 e. The van der Waals surface area contributed by atoms with E-state index in [2.05, 4.69) is 21.1 Å². The quantitative estimate of drug-likeness (QED) is 0.145. The molecular weight excluding hydrogens is 538 g/mol. The van der Waals surface area contributed by atoms with Gasteiger partial charge < -0.3 is 13.9 Å². The molecular formula is C27H26Cl4N4O. The van der Waals surface area contributed by atoms with Crippen LogP contribution in [0.1, 0.15) is 35.8 Å². The molecule has 0 fully saturated rings. The molecule has 0 N–H and O–H groups in total. The molecule has 2 unspecified atom stereocenters. The van der Waals surface area contributed by atoms with Crippen LogP contribution in [0.2, 0.25) is 20.1 Å². The summed E-state index contributed by atoms with van der Waals surface area (Å²) in [4.78, 5) is 18.8. The van der Waals surface area contributed by atoms with Gasteiger partial charge in [0, 0.05) is 56.1 Å². The smallest absolute Gasteiger partial charge is 0.120 e. The summed E-state index contributed by atoms with van der Waals surface area (Å²) in [5.41, 5.74) is 2.17. The summed E-state index contributed by atoms with van der Waals surface area (Å²) in [6.45, 7) is 5.35. The number of carbonyl (C=O) groups is 1. The van der Waals surface area contributed by atoms with Gasteiger partial charge in [0.15, 0.2) is 0 Å². The van der Waals surface area contributed by atoms with Gasteiger partial charge in [0.2, 0.25) is 0 Å². The molecule has 0 radical (unpaired) electrons. The van der Waals surface area contributed by atoms with Gasteiger partial charge in [-0.1, -0.05) is 64.6 Å². The van der Waals surface area contributed by atoms with Crippen LogP contribution in [-0.4, -0.2) is 25.4 Å². The van der Waals surface area contributed by atoms with E-state index < -0.39 is 0 Å². The van der Waals surface area contributed by atoms with E-state index in [0.717, 1.165) is 30.4 Å². The topological polar surface area (TPSA) is 52.7 Å². The lowest BCUT2D eigenvalue weighted by Gasteiger charge is -2.16. The van der Waals surface area contributed by atoms with Crippen LogP contribution in [0.25, 0.3) is 0 Å². The van der Waals surface area contributed by atoms with Gasteiger partial charge in [-0.15, -0.1) is 6.58 Å². The van der Waals surface area contributed by atoms with E-state index in [1.165, 1.54) is 0 Å². The molecule has 0 aliphatic rings. The van der Waals surface area contributed by atoms with Crippen LogP contribution in [0.3, 0.4) is 0 Å². The second-order valence-corrected chi connectivity index (χ2v) is 9.82. The van der Waals surface area contributed by atoms with Crippen molar-refractivity contribution in [2.24, 2.45) is 0 Å². The lowest BCUT2D eigenvalue weighted by atomic mass is 9.95. The van der Waals surface area contributed by atoms with Crippen LogP contribution in [0.4, 0.5) is 0 Å². The highest BCUT2D eigenvalue weighted by Gasteiger charge is 2.14. The second-order valence-electron chi connectivity index (χ2n) is 8.19. The van der Waals surface area contributed by atoms with Crippen LogP contribution >= 0.6 is 46.4 Å². The molecule has 188 valence electrons. The predicted molar refractivity (Wildman–Crippen MR) is 148 cm³/mol. The van der Waals surface area contributed by atoms with Gasteiger partial charge in [0.1, 0.15) is 6.29 Å². The highest BCUT2D eigenvalue weighted by atomic mass is 35.5. The zero-order valence-electron chi connectivity index (χ0n) is 19.5. The van der Waals surface area contributed by atoms with Gasteiger partial charge in [-0.2, -0.15) is 0 Å². The lowest BCUT2D eigenvalue weighted by molar-refractivity contribution is -0.108. The fourth-order valence-electron chi connectivity index (χ4n) is 3.78. The van der Waals surface area contributed by atoms with E-state index in [-0.39, 0.29) is 5.92 Å². The first-order valence-electron chi connectivity index (χ1n) is 11.3. The Morgan fingerprint density at radius 2 is 1.22 bits per heavy atom. The van der Waals surface area contributed by atoms with Crippen molar-refractivity contribution >= 4 is 52.7 Å². The number of rotatable bonds is 10. The van der Waals surface area contributed by atoms with Crippen molar-refractivity contribution in [3.05, 3.63) is 118 Å². The molecule has 2 heterocycles. The Morgan fingerprint density at radius 3 is 1.58 bits per heavy atom. The fourth-order valence-corrected chi connectivity index (χ4v) is 4.39. The number of nitrogens with zero attached hydrogens (tertiary/aromatic N) is 4. The van der Waals surface area contributed by atoms with Crippen molar-refractivity contribution in [2.75, 3.05) is 0 Å². The molecule has 5 nitrogen and oxygen atoms in total. The molecule has 9 heteroatoms. The van der Waals surface area contributed by atoms with E-state index in [4.69, 9.17) is 46.4 Å². The summed E-state index contributed by atoms with van der Waals surface area (Å²) in [5.74, 6) is 0.401. The second kappa shape index (κ2) is 14.2. The minimum atomic E-state index is 0.0754. The number of aromatic nitrogens is 4. The molecule has 2 aromatic carbocycles. The summed E-state index contributed by atoms with van der Waals surface area (Å²) in [6, 6.07) is 11.2. The lowest BCUT2D eigenvalue weighted by Crippen LogP contribution is -2.08. The van der Waals surface area contributed by atoms with E-state index in [1.54, 1.807) is 24.8 Å². The van der Waals surface area contributed by atoms with Crippen molar-refractivity contribution in [3.8, 4) is 0 Å². The Balaban J connectivity index is 0.000000201. The summed E-state index contributed by atoms with van der Waals surface area (Å²) in [5, 5.41) is 2.21. The van der Waals surface area contributed by atoms with E-state index in [0.29, 0.717) is 39.0 Å². The first-order valence-corrected chi connectivity index (χ1v) is 12.8. The number of benzene rings is 2. The van der Waals surface area contributed by atoms with Crippen LogP contribution in [-0.2, 0) is 17.9 Å². The standard InChI is InChI=1S/C14H14Cl2N2.C13H12Cl2N2O/c1-2-3-12(9-18-7-6-17-10-18)11-4-5-13(15)14(16)8-11;14-12-2-1-10(7-13(12)15)11(3-6-18)8-17-5-4-16-9-17/h2,4-8,10,12H,1,3,9H2;1-2,4-7,9,11H,3,8H2. The van der Waals surface area contributed by atoms with Crippen LogP contribution < -0.4 is 0 Å². The number of allylic oxidation sites excluding steroid dienone is 1. The molecule has 0 bridgehead atoms. The van der Waals surface area contributed by atoms with E-state index >= 15 is 0 Å². The van der Waals surface area contributed by atoms with E-state index in [1.807, 2.05) is 59.7 Å². The Labute approximate surface area is 231 Å². The predicted octanol–water partition coefficient (Wildman–Crippen LogP) is 8.11. The molecule has 2 atom stereocenters. The zero-order chi connectivity index (χ0) is 25.9. The monoisotopic (exact) mass is 562 g/mol. The van der Waals surface area contributed by atoms with E-state index in [9.17, 15) is 4.79 Å². The third kappa shape index (κ3) is 8.24. The molecule has 4 aromatic rings. The number of hydrogen-bond acceptors (Lipinski definition) is 3. The largest absolute Gasteiger partial charge is 0.337 e. The molecule has 0 spiro atoms. The summed E-state index contributed by atoms with van der Waals surface area (Å²) >= 11 is 23.9. The van der Waals surface area contributed by atoms with Gasteiger partial charge in [-0.05, 0) is 41.8 Å². The third-order valence-corrected chi connectivity index (χ3v) is 7.12. The maximum absolute atomic E-state index is 10.8. The summed E-state index contributed by atoms with van der Waals surface area (Å²) in [6.07, 6.45) is 15.0. The van der Waals surface area contributed by atoms with Gasteiger partial charge in [0.05, 0.1) is 32.7 Å². The molecule has 2 aromatic heterocycles. The van der Waals surface area contributed by atoms with Gasteiger partial charge in [-0.3, -0.25) is 0 Å². The molecule has 0 aliphatic heterocycles. The molecule has 0 aliphatic carbocycles. The molecule has 0 saturated heterocycles. The fraction of sp³-hybridized carbons (Fsp3) is 0.222. The number of imidazole rings is 2. The van der Waals surface area contributed by atoms with Crippen molar-refractivity contribution < 1.29 is 4.79 Å². The summed E-state index contributed by atoms with van der Waals surface area (Å²) < 4.78 is 3.99. The van der Waals surface area contributed by atoms with Gasteiger partial charge in [0.25, 0.3) is 0 Å². The Morgan fingerprint density at radius 1 is 0.750 bits per heavy atom. The zero-order valence-corrected chi connectivity index (χ0v) is 22.5. The van der Waals surface area contributed by atoms with Crippen LogP contribution in [0.5, 0.6) is 0 Å². The average Bonchev–Trinajstić information content (AvgIpc) is 3.57. The Kier molecular flexibility index (Phi) is 11.1. The highest BCUT2D eigenvalue weighted by molar-refractivity contribution is 6.42. The first-order chi connectivity index (χ1) is 17.4. The first kappa shape index (κ1) is 28.0. The van der Waals surface area contributed by atoms with Gasteiger partial charge >= 0.3 is 0 Å². The molecule has 4 rings (SSSR count). The minimum absolute atomic E-state index is 0.0754. The number of carbonyl (C=O) groups excluding carboxylic acids is 1. The normalized spacial score (nSPS) is 12.3.